The van der Waals surface area contributed by atoms with Gasteiger partial charge in [0.15, 0.2) is 0 Å². The molecule has 1 aliphatic rings. The van der Waals surface area contributed by atoms with Gasteiger partial charge in [0.25, 0.3) is 0 Å². The lowest BCUT2D eigenvalue weighted by molar-refractivity contribution is -0.134. The summed E-state index contributed by atoms with van der Waals surface area (Å²) < 4.78 is 16.1. The van der Waals surface area contributed by atoms with Gasteiger partial charge in [-0.25, -0.2) is 0 Å². The fourth-order valence-corrected chi connectivity index (χ4v) is 5.68. The van der Waals surface area contributed by atoms with Crippen molar-refractivity contribution in [3.63, 3.8) is 0 Å². The number of ether oxygens (including phenoxy) is 3. The van der Waals surface area contributed by atoms with Gasteiger partial charge in [-0.1, -0.05) is 79.9 Å². The van der Waals surface area contributed by atoms with E-state index in [1.807, 2.05) is 36.4 Å². The summed E-state index contributed by atoms with van der Waals surface area (Å²) in [6.07, 6.45) is 6.12. The van der Waals surface area contributed by atoms with Gasteiger partial charge in [0.1, 0.15) is 17.2 Å². The van der Waals surface area contributed by atoms with Crippen LogP contribution >= 0.6 is 0 Å². The molecule has 0 aliphatic heterocycles. The van der Waals surface area contributed by atoms with Gasteiger partial charge in [0, 0.05) is 12.3 Å². The van der Waals surface area contributed by atoms with E-state index in [4.69, 9.17) is 14.2 Å². The first-order valence-electron chi connectivity index (χ1n) is 13.8. The first-order chi connectivity index (χ1) is 19.4. The highest BCUT2D eigenvalue weighted by atomic mass is 16.5. The van der Waals surface area contributed by atoms with Crippen LogP contribution < -0.4 is 14.2 Å². The molecular formula is C35H34O5. The second-order valence-electron chi connectivity index (χ2n) is 10.4. The molecule has 0 amide bonds. The SMILES string of the molecule is COc1ccc(C2(c3ccc(CC(=O)Oc4ccc(-c5ccc(OC(C)=O)cc5)cc4)cc3)CCCCC2)cc1. The molecule has 5 heteroatoms. The fourth-order valence-electron chi connectivity index (χ4n) is 5.68. The van der Waals surface area contributed by atoms with Crippen molar-refractivity contribution in [1.29, 1.82) is 0 Å². The Kier molecular flexibility index (Phi) is 8.30. The van der Waals surface area contributed by atoms with Gasteiger partial charge in [0.2, 0.25) is 0 Å². The lowest BCUT2D eigenvalue weighted by Gasteiger charge is -2.38. The molecule has 0 N–H and O–H groups in total. The molecule has 40 heavy (non-hydrogen) atoms. The number of esters is 2. The van der Waals surface area contributed by atoms with Crippen molar-refractivity contribution in [3.05, 3.63) is 114 Å². The molecule has 0 bridgehead atoms. The Balaban J connectivity index is 1.23. The van der Waals surface area contributed by atoms with E-state index in [0.29, 0.717) is 11.5 Å². The Morgan fingerprint density at radius 3 is 1.60 bits per heavy atom. The molecule has 0 saturated heterocycles. The monoisotopic (exact) mass is 534 g/mol. The van der Waals surface area contributed by atoms with Crippen molar-refractivity contribution in [3.8, 4) is 28.4 Å². The second kappa shape index (κ2) is 12.2. The van der Waals surface area contributed by atoms with Crippen molar-refractivity contribution < 1.29 is 23.8 Å². The highest BCUT2D eigenvalue weighted by Crippen LogP contribution is 2.45. The Hall–Kier alpha value is -4.38. The molecule has 0 spiro atoms. The maximum atomic E-state index is 12.7. The van der Waals surface area contributed by atoms with Crippen LogP contribution in [-0.2, 0) is 21.4 Å². The van der Waals surface area contributed by atoms with E-state index in [1.54, 1.807) is 31.4 Å². The van der Waals surface area contributed by atoms with Crippen molar-refractivity contribution in [2.75, 3.05) is 7.11 Å². The van der Waals surface area contributed by atoms with E-state index >= 15 is 0 Å². The third-order valence-corrected chi connectivity index (χ3v) is 7.74. The first-order valence-corrected chi connectivity index (χ1v) is 13.8. The summed E-state index contributed by atoms with van der Waals surface area (Å²) in [5.74, 6) is 1.23. The summed E-state index contributed by atoms with van der Waals surface area (Å²) in [4.78, 5) is 23.8. The number of methoxy groups -OCH3 is 1. The lowest BCUT2D eigenvalue weighted by atomic mass is 9.65. The minimum absolute atomic E-state index is 0.00786. The van der Waals surface area contributed by atoms with Gasteiger partial charge in [-0.05, 0) is 77.1 Å². The summed E-state index contributed by atoms with van der Waals surface area (Å²) in [6, 6.07) is 31.6. The van der Waals surface area contributed by atoms with Crippen LogP contribution in [-0.4, -0.2) is 19.0 Å². The Labute approximate surface area is 235 Å². The molecule has 1 saturated carbocycles. The van der Waals surface area contributed by atoms with E-state index in [2.05, 4.69) is 36.4 Å². The van der Waals surface area contributed by atoms with Crippen molar-refractivity contribution in [1.82, 2.24) is 0 Å². The van der Waals surface area contributed by atoms with Crippen LogP contribution in [0.2, 0.25) is 0 Å². The average Bonchev–Trinajstić information content (AvgIpc) is 2.98. The third kappa shape index (κ3) is 6.26. The standard InChI is InChI=1S/C35H34O5/c1-25(36)39-32-16-8-27(9-17-32)28-10-18-33(19-11-28)40-34(37)24-26-6-12-29(13-7-26)35(22-4-3-5-23-35)30-14-20-31(38-2)21-15-30/h6-21H,3-5,22-24H2,1-2H3. The maximum absolute atomic E-state index is 12.7. The molecule has 4 aromatic rings. The molecule has 5 rings (SSSR count). The zero-order valence-electron chi connectivity index (χ0n) is 23.0. The van der Waals surface area contributed by atoms with Gasteiger partial charge in [0.05, 0.1) is 13.5 Å². The Morgan fingerprint density at radius 1 is 0.625 bits per heavy atom. The van der Waals surface area contributed by atoms with Crippen LogP contribution in [0.15, 0.2) is 97.1 Å². The van der Waals surface area contributed by atoms with Gasteiger partial charge in [-0.3, -0.25) is 9.59 Å². The molecule has 0 radical (unpaired) electrons. The summed E-state index contributed by atoms with van der Waals surface area (Å²) in [5.41, 5.74) is 5.48. The van der Waals surface area contributed by atoms with Gasteiger partial charge < -0.3 is 14.2 Å². The zero-order valence-corrected chi connectivity index (χ0v) is 23.0. The predicted molar refractivity (Wildman–Crippen MR) is 156 cm³/mol. The summed E-state index contributed by atoms with van der Waals surface area (Å²) in [7, 11) is 1.69. The quantitative estimate of drug-likeness (QED) is 0.171. The smallest absolute Gasteiger partial charge is 0.315 e. The van der Waals surface area contributed by atoms with E-state index in [0.717, 1.165) is 35.3 Å². The average molecular weight is 535 g/mol. The van der Waals surface area contributed by atoms with Crippen LogP contribution in [0.25, 0.3) is 11.1 Å². The fraction of sp³-hybridized carbons (Fsp3) is 0.257. The minimum Gasteiger partial charge on any atom is -0.497 e. The summed E-state index contributed by atoms with van der Waals surface area (Å²) >= 11 is 0. The molecule has 0 aromatic heterocycles. The molecule has 0 unspecified atom stereocenters. The van der Waals surface area contributed by atoms with E-state index < -0.39 is 0 Å². The Bertz CT molecular complexity index is 1430. The van der Waals surface area contributed by atoms with Crippen molar-refractivity contribution in [2.24, 2.45) is 0 Å². The van der Waals surface area contributed by atoms with Crippen LogP contribution in [0.3, 0.4) is 0 Å². The lowest BCUT2D eigenvalue weighted by Crippen LogP contribution is -2.30. The van der Waals surface area contributed by atoms with Crippen molar-refractivity contribution >= 4 is 11.9 Å². The molecule has 0 heterocycles. The minimum atomic E-state index is -0.350. The van der Waals surface area contributed by atoms with Crippen LogP contribution in [0.1, 0.15) is 55.7 Å². The van der Waals surface area contributed by atoms with E-state index in [1.165, 1.54) is 37.3 Å². The highest BCUT2D eigenvalue weighted by molar-refractivity contribution is 5.76. The largest absolute Gasteiger partial charge is 0.497 e. The predicted octanol–water partition coefficient (Wildman–Crippen LogP) is 7.69. The summed E-state index contributed by atoms with van der Waals surface area (Å²) in [6.45, 7) is 1.37. The molecular weight excluding hydrogens is 500 g/mol. The van der Waals surface area contributed by atoms with Crippen LogP contribution in [0.5, 0.6) is 17.2 Å². The van der Waals surface area contributed by atoms with Gasteiger partial charge in [-0.2, -0.15) is 0 Å². The number of carbonyl (C=O) groups excluding carboxylic acids is 2. The van der Waals surface area contributed by atoms with Crippen LogP contribution in [0.4, 0.5) is 0 Å². The molecule has 1 aliphatic carbocycles. The topological polar surface area (TPSA) is 61.8 Å². The molecule has 4 aromatic carbocycles. The molecule has 204 valence electrons. The van der Waals surface area contributed by atoms with Crippen LogP contribution in [0, 0.1) is 0 Å². The van der Waals surface area contributed by atoms with Gasteiger partial charge in [-0.15, -0.1) is 0 Å². The number of rotatable bonds is 8. The normalized spacial score (nSPS) is 14.2. The highest BCUT2D eigenvalue weighted by Gasteiger charge is 2.35. The first kappa shape index (κ1) is 27.2. The molecule has 0 atom stereocenters. The van der Waals surface area contributed by atoms with E-state index in [-0.39, 0.29) is 23.8 Å². The second-order valence-corrected chi connectivity index (χ2v) is 10.4. The number of hydrogen-bond donors (Lipinski definition) is 0. The Morgan fingerprint density at radius 2 is 1.10 bits per heavy atom. The number of hydrogen-bond acceptors (Lipinski definition) is 5. The zero-order chi connectivity index (χ0) is 28.0. The van der Waals surface area contributed by atoms with Gasteiger partial charge >= 0.3 is 11.9 Å². The maximum Gasteiger partial charge on any atom is 0.315 e. The molecule has 5 nitrogen and oxygen atoms in total. The number of benzene rings is 4. The summed E-state index contributed by atoms with van der Waals surface area (Å²) in [5, 5.41) is 0. The number of carbonyl (C=O) groups is 2. The molecule has 1 fully saturated rings. The van der Waals surface area contributed by atoms with E-state index in [9.17, 15) is 9.59 Å². The third-order valence-electron chi connectivity index (χ3n) is 7.74. The van der Waals surface area contributed by atoms with Crippen molar-refractivity contribution in [2.45, 2.75) is 50.9 Å².